The van der Waals surface area contributed by atoms with Crippen LogP contribution in [0.2, 0.25) is 0 Å². The molecule has 3 aromatic rings. The van der Waals surface area contributed by atoms with Crippen molar-refractivity contribution in [3.63, 3.8) is 0 Å². The molecule has 4 rings (SSSR count). The van der Waals surface area contributed by atoms with Crippen molar-refractivity contribution in [3.8, 4) is 0 Å². The predicted octanol–water partition coefficient (Wildman–Crippen LogP) is 3.24. The summed E-state index contributed by atoms with van der Waals surface area (Å²) in [5, 5.41) is 2.80. The zero-order chi connectivity index (χ0) is 23.5. The van der Waals surface area contributed by atoms with Gasteiger partial charge in [0.25, 0.3) is 11.8 Å². The summed E-state index contributed by atoms with van der Waals surface area (Å²) in [5.41, 5.74) is 2.80. The molecule has 0 saturated carbocycles. The van der Waals surface area contributed by atoms with Crippen LogP contribution in [-0.4, -0.2) is 43.2 Å². The van der Waals surface area contributed by atoms with E-state index >= 15 is 0 Å². The lowest BCUT2D eigenvalue weighted by molar-refractivity contribution is 0.0727. The highest BCUT2D eigenvalue weighted by molar-refractivity contribution is 5.95. The van der Waals surface area contributed by atoms with Crippen molar-refractivity contribution >= 4 is 11.8 Å². The molecule has 1 atom stereocenters. The van der Waals surface area contributed by atoms with E-state index < -0.39 is 0 Å². The number of rotatable bonds is 5. The molecule has 1 aliphatic heterocycles. The van der Waals surface area contributed by atoms with Crippen LogP contribution in [0.15, 0.2) is 36.7 Å². The number of nitrogens with one attached hydrogen (secondary N) is 1. The SMILES string of the molecule is Cc1ncc(C(=O)N2CCCC2c2ncc(C(=O)NCc3ccc(F)cc3)c(C)n2)c(C)n1. The zero-order valence-corrected chi connectivity index (χ0v) is 18.8. The van der Waals surface area contributed by atoms with Crippen LogP contribution in [0, 0.1) is 26.6 Å². The maximum Gasteiger partial charge on any atom is 0.257 e. The van der Waals surface area contributed by atoms with Gasteiger partial charge < -0.3 is 10.2 Å². The Morgan fingerprint density at radius 3 is 2.42 bits per heavy atom. The molecule has 0 bridgehead atoms. The van der Waals surface area contributed by atoms with Crippen LogP contribution in [0.25, 0.3) is 0 Å². The molecule has 33 heavy (non-hydrogen) atoms. The molecule has 0 aliphatic carbocycles. The third-order valence-corrected chi connectivity index (χ3v) is 5.75. The number of hydrogen-bond acceptors (Lipinski definition) is 6. The minimum Gasteiger partial charge on any atom is -0.348 e. The summed E-state index contributed by atoms with van der Waals surface area (Å²) in [4.78, 5) is 45.0. The summed E-state index contributed by atoms with van der Waals surface area (Å²) in [6.45, 7) is 6.19. The van der Waals surface area contributed by atoms with Crippen LogP contribution in [-0.2, 0) is 6.54 Å². The third kappa shape index (κ3) is 4.87. The first kappa shape index (κ1) is 22.4. The second-order valence-corrected chi connectivity index (χ2v) is 8.11. The van der Waals surface area contributed by atoms with E-state index in [0.717, 1.165) is 18.4 Å². The first-order valence-electron chi connectivity index (χ1n) is 10.8. The number of likely N-dealkylation sites (tertiary alicyclic amines) is 1. The largest absolute Gasteiger partial charge is 0.348 e. The Bertz CT molecular complexity index is 1200. The van der Waals surface area contributed by atoms with Crippen molar-refractivity contribution in [1.82, 2.24) is 30.2 Å². The standard InChI is InChI=1S/C24H25FN6O2/c1-14-19(23(32)28-11-17-6-8-18(25)9-7-17)12-27-22(30-14)21-5-4-10-31(21)24(33)20-13-26-16(3)29-15(20)2/h6-9,12-13,21H,4-5,10-11H2,1-3H3,(H,28,32). The van der Waals surface area contributed by atoms with Crippen molar-refractivity contribution < 1.29 is 14.0 Å². The molecule has 1 unspecified atom stereocenters. The van der Waals surface area contributed by atoms with Crippen molar-refractivity contribution in [3.05, 3.63) is 82.2 Å². The molecule has 1 N–H and O–H groups in total. The van der Waals surface area contributed by atoms with Crippen molar-refractivity contribution in [2.75, 3.05) is 6.54 Å². The molecule has 0 spiro atoms. The maximum absolute atomic E-state index is 13.2. The Labute approximate surface area is 191 Å². The Hall–Kier alpha value is -3.75. The fourth-order valence-electron chi connectivity index (χ4n) is 3.97. The smallest absolute Gasteiger partial charge is 0.257 e. The lowest BCUT2D eigenvalue weighted by Crippen LogP contribution is -2.32. The van der Waals surface area contributed by atoms with Crippen molar-refractivity contribution in [2.24, 2.45) is 0 Å². The normalized spacial score (nSPS) is 15.5. The number of carbonyl (C=O) groups excluding carboxylic acids is 2. The van der Waals surface area contributed by atoms with Gasteiger partial charge in [-0.1, -0.05) is 12.1 Å². The molecular weight excluding hydrogens is 423 g/mol. The molecule has 3 heterocycles. The molecule has 9 heteroatoms. The maximum atomic E-state index is 13.2. The highest BCUT2D eigenvalue weighted by Crippen LogP contribution is 2.31. The lowest BCUT2D eigenvalue weighted by atomic mass is 10.1. The van der Waals surface area contributed by atoms with E-state index in [1.54, 1.807) is 44.0 Å². The zero-order valence-electron chi connectivity index (χ0n) is 18.8. The predicted molar refractivity (Wildman–Crippen MR) is 119 cm³/mol. The minimum atomic E-state index is -0.325. The van der Waals surface area contributed by atoms with Gasteiger partial charge in [0.05, 0.1) is 28.6 Å². The molecule has 1 aliphatic rings. The van der Waals surface area contributed by atoms with E-state index in [-0.39, 0.29) is 30.2 Å². The Morgan fingerprint density at radius 1 is 1.03 bits per heavy atom. The molecule has 1 saturated heterocycles. The molecule has 2 amide bonds. The fourth-order valence-corrected chi connectivity index (χ4v) is 3.97. The number of halogens is 1. The minimum absolute atomic E-state index is 0.141. The van der Waals surface area contributed by atoms with Crippen LogP contribution >= 0.6 is 0 Å². The number of aromatic nitrogens is 4. The first-order valence-corrected chi connectivity index (χ1v) is 10.8. The summed E-state index contributed by atoms with van der Waals surface area (Å²) >= 11 is 0. The lowest BCUT2D eigenvalue weighted by Gasteiger charge is -2.24. The molecule has 8 nitrogen and oxygen atoms in total. The molecule has 1 aromatic carbocycles. The van der Waals surface area contributed by atoms with Crippen LogP contribution in [0.5, 0.6) is 0 Å². The average Bonchev–Trinajstić information content (AvgIpc) is 3.28. The summed E-state index contributed by atoms with van der Waals surface area (Å²) in [5.74, 6) is 0.357. The van der Waals surface area contributed by atoms with E-state index in [1.165, 1.54) is 18.3 Å². The monoisotopic (exact) mass is 448 g/mol. The van der Waals surface area contributed by atoms with Crippen LogP contribution in [0.3, 0.4) is 0 Å². The van der Waals surface area contributed by atoms with Gasteiger partial charge in [0.2, 0.25) is 0 Å². The molecule has 1 fully saturated rings. The highest BCUT2D eigenvalue weighted by atomic mass is 19.1. The van der Waals surface area contributed by atoms with Gasteiger partial charge in [-0.05, 0) is 51.3 Å². The molecular formula is C24H25FN6O2. The van der Waals surface area contributed by atoms with Gasteiger partial charge in [-0.15, -0.1) is 0 Å². The van der Waals surface area contributed by atoms with Gasteiger partial charge in [0, 0.05) is 25.5 Å². The van der Waals surface area contributed by atoms with Crippen molar-refractivity contribution in [2.45, 2.75) is 46.2 Å². The number of benzene rings is 1. The van der Waals surface area contributed by atoms with Gasteiger partial charge in [-0.3, -0.25) is 9.59 Å². The third-order valence-electron chi connectivity index (χ3n) is 5.75. The number of nitrogens with zero attached hydrogens (tertiary/aromatic N) is 5. The summed E-state index contributed by atoms with van der Waals surface area (Å²) in [6, 6.07) is 5.67. The van der Waals surface area contributed by atoms with Gasteiger partial charge in [0.1, 0.15) is 11.6 Å². The first-order chi connectivity index (χ1) is 15.8. The summed E-state index contributed by atoms with van der Waals surface area (Å²) in [6.07, 6.45) is 4.65. The Morgan fingerprint density at radius 2 is 1.73 bits per heavy atom. The molecule has 170 valence electrons. The molecule has 0 radical (unpaired) electrons. The van der Waals surface area contributed by atoms with Crippen LogP contribution in [0.4, 0.5) is 4.39 Å². The molecule has 2 aromatic heterocycles. The average molecular weight is 449 g/mol. The van der Waals surface area contributed by atoms with Gasteiger partial charge in [-0.2, -0.15) is 0 Å². The number of carbonyl (C=O) groups is 2. The second kappa shape index (κ2) is 9.40. The van der Waals surface area contributed by atoms with Crippen molar-refractivity contribution in [1.29, 1.82) is 0 Å². The van der Waals surface area contributed by atoms with E-state index in [9.17, 15) is 14.0 Å². The second-order valence-electron chi connectivity index (χ2n) is 8.11. The van der Waals surface area contributed by atoms with Gasteiger partial charge in [-0.25, -0.2) is 24.3 Å². The van der Waals surface area contributed by atoms with E-state index in [1.807, 2.05) is 0 Å². The number of aryl methyl sites for hydroxylation is 3. The quantitative estimate of drug-likeness (QED) is 0.643. The van der Waals surface area contributed by atoms with Crippen LogP contribution < -0.4 is 5.32 Å². The highest BCUT2D eigenvalue weighted by Gasteiger charge is 2.34. The van der Waals surface area contributed by atoms with Crippen LogP contribution in [0.1, 0.15) is 68.2 Å². The number of hydrogen-bond donors (Lipinski definition) is 1. The van der Waals surface area contributed by atoms with E-state index in [2.05, 4.69) is 25.3 Å². The number of amides is 2. The summed E-state index contributed by atoms with van der Waals surface area (Å²) < 4.78 is 13.0. The van der Waals surface area contributed by atoms with E-state index in [4.69, 9.17) is 0 Å². The van der Waals surface area contributed by atoms with Gasteiger partial charge in [0.15, 0.2) is 5.82 Å². The Balaban J connectivity index is 1.48. The topological polar surface area (TPSA) is 101 Å². The van der Waals surface area contributed by atoms with Gasteiger partial charge >= 0.3 is 0 Å². The fraction of sp³-hybridized carbons (Fsp3) is 0.333. The Kier molecular flexibility index (Phi) is 6.39. The summed E-state index contributed by atoms with van der Waals surface area (Å²) in [7, 11) is 0. The van der Waals surface area contributed by atoms with E-state index in [0.29, 0.717) is 40.7 Å².